The zero-order valence-electron chi connectivity index (χ0n) is 13.0. The van der Waals surface area contributed by atoms with Gasteiger partial charge in [-0.2, -0.15) is 0 Å². The highest BCUT2D eigenvalue weighted by Crippen LogP contribution is 2.23. The molecule has 2 heterocycles. The number of aromatic nitrogens is 2. The molecule has 0 spiro atoms. The molecule has 0 radical (unpaired) electrons. The van der Waals surface area contributed by atoms with E-state index in [9.17, 15) is 30.0 Å². The van der Waals surface area contributed by atoms with Crippen molar-refractivity contribution < 1.29 is 30.0 Å². The van der Waals surface area contributed by atoms with Crippen LogP contribution in [0.3, 0.4) is 0 Å². The van der Waals surface area contributed by atoms with E-state index in [1.54, 1.807) is 6.26 Å². The highest BCUT2D eigenvalue weighted by Gasteiger charge is 2.43. The summed E-state index contributed by atoms with van der Waals surface area (Å²) in [6, 6.07) is 0. The molecule has 0 unspecified atom stereocenters. The molecule has 0 aliphatic carbocycles. The number of aldehydes is 1. The fourth-order valence-electron chi connectivity index (χ4n) is 2.35. The van der Waals surface area contributed by atoms with E-state index in [0.29, 0.717) is 11.4 Å². The molecule has 11 heteroatoms. The van der Waals surface area contributed by atoms with E-state index in [-0.39, 0.29) is 11.4 Å². The second-order valence-corrected chi connectivity index (χ2v) is 6.01. The van der Waals surface area contributed by atoms with Crippen molar-refractivity contribution in [1.82, 2.24) is 9.55 Å². The lowest BCUT2D eigenvalue weighted by Crippen LogP contribution is -2.60. The van der Waals surface area contributed by atoms with Gasteiger partial charge in [0, 0.05) is 7.05 Å². The predicted octanol–water partition coefficient (Wildman–Crippen LogP) is -2.47. The molecule has 1 aromatic rings. The van der Waals surface area contributed by atoms with Gasteiger partial charge < -0.3 is 30.5 Å². The number of thioether (sulfide) groups is 1. The Morgan fingerprint density at radius 2 is 2.00 bits per heavy atom. The summed E-state index contributed by atoms with van der Waals surface area (Å²) < 4.78 is 6.49. The third-order valence-corrected chi connectivity index (χ3v) is 4.49. The SMILES string of the molecule is CSc1nc(N[C@@H]2O[C@@H](CO)[C@@H](O)[C@@H](O)[C@@H]2O)c(C=O)c(=O)n1C. The van der Waals surface area contributed by atoms with Crippen molar-refractivity contribution in [2.45, 2.75) is 35.8 Å². The summed E-state index contributed by atoms with van der Waals surface area (Å²) in [4.78, 5) is 27.5. The van der Waals surface area contributed by atoms with Gasteiger partial charge in [-0.25, -0.2) is 4.98 Å². The Hall–Kier alpha value is -1.50. The first-order valence-electron chi connectivity index (χ1n) is 7.03. The van der Waals surface area contributed by atoms with Gasteiger partial charge in [-0.1, -0.05) is 11.8 Å². The van der Waals surface area contributed by atoms with E-state index in [1.807, 2.05) is 0 Å². The van der Waals surface area contributed by atoms with Crippen LogP contribution in [0.25, 0.3) is 0 Å². The van der Waals surface area contributed by atoms with E-state index < -0.39 is 42.8 Å². The number of nitrogens with zero attached hydrogens (tertiary/aromatic N) is 2. The number of nitrogens with one attached hydrogen (secondary N) is 1. The molecule has 5 N–H and O–H groups in total. The molecule has 10 nitrogen and oxygen atoms in total. The summed E-state index contributed by atoms with van der Waals surface area (Å²) in [6.45, 7) is -0.594. The molecular formula is C13H19N3O7S. The maximum atomic E-state index is 12.2. The quantitative estimate of drug-likeness (QED) is 0.216. The Morgan fingerprint density at radius 3 is 2.54 bits per heavy atom. The van der Waals surface area contributed by atoms with Gasteiger partial charge in [-0.3, -0.25) is 14.2 Å². The Morgan fingerprint density at radius 1 is 1.33 bits per heavy atom. The topological polar surface area (TPSA) is 154 Å². The number of hydrogen-bond acceptors (Lipinski definition) is 10. The number of aliphatic hydroxyl groups excluding tert-OH is 4. The average molecular weight is 361 g/mol. The second-order valence-electron chi connectivity index (χ2n) is 5.24. The van der Waals surface area contributed by atoms with Crippen molar-refractivity contribution in [3.05, 3.63) is 15.9 Å². The Kier molecular flexibility index (Phi) is 5.96. The fraction of sp³-hybridized carbons (Fsp3) is 0.615. The van der Waals surface area contributed by atoms with Crippen molar-refractivity contribution in [3.8, 4) is 0 Å². The molecule has 0 aromatic carbocycles. The lowest BCUT2D eigenvalue weighted by atomic mass is 9.98. The molecule has 1 saturated heterocycles. The van der Waals surface area contributed by atoms with Crippen LogP contribution in [0.1, 0.15) is 10.4 Å². The number of carbonyl (C=O) groups excluding carboxylic acids is 1. The van der Waals surface area contributed by atoms with Crippen LogP contribution in [0.15, 0.2) is 9.95 Å². The molecule has 1 aromatic heterocycles. The number of rotatable bonds is 5. The number of carbonyl (C=O) groups is 1. The van der Waals surface area contributed by atoms with Crippen LogP contribution >= 0.6 is 11.8 Å². The molecule has 2 rings (SSSR count). The summed E-state index contributed by atoms with van der Waals surface area (Å²) in [6.07, 6.45) is -5.04. The summed E-state index contributed by atoms with van der Waals surface area (Å²) in [5.41, 5.74) is -0.858. The number of hydrogen-bond donors (Lipinski definition) is 5. The van der Waals surface area contributed by atoms with Crippen molar-refractivity contribution in [1.29, 1.82) is 0 Å². The van der Waals surface area contributed by atoms with Gasteiger partial charge >= 0.3 is 0 Å². The van der Waals surface area contributed by atoms with Gasteiger partial charge in [0.1, 0.15) is 35.8 Å². The van der Waals surface area contributed by atoms with Gasteiger partial charge in [0.15, 0.2) is 17.7 Å². The maximum Gasteiger partial charge on any atom is 0.266 e. The number of ether oxygens (including phenoxy) is 1. The smallest absolute Gasteiger partial charge is 0.266 e. The van der Waals surface area contributed by atoms with Gasteiger partial charge in [-0.05, 0) is 6.26 Å². The van der Waals surface area contributed by atoms with Crippen LogP contribution in [0.2, 0.25) is 0 Å². The van der Waals surface area contributed by atoms with Crippen LogP contribution in [0, 0.1) is 0 Å². The van der Waals surface area contributed by atoms with Gasteiger partial charge in [-0.15, -0.1) is 0 Å². The molecule has 1 fully saturated rings. The van der Waals surface area contributed by atoms with Crippen LogP contribution in [-0.2, 0) is 11.8 Å². The molecule has 1 aliphatic heterocycles. The van der Waals surface area contributed by atoms with E-state index in [1.165, 1.54) is 23.4 Å². The van der Waals surface area contributed by atoms with E-state index >= 15 is 0 Å². The first-order valence-corrected chi connectivity index (χ1v) is 8.25. The monoisotopic (exact) mass is 361 g/mol. The average Bonchev–Trinajstić information content (AvgIpc) is 2.58. The third kappa shape index (κ3) is 3.31. The molecule has 24 heavy (non-hydrogen) atoms. The number of anilines is 1. The lowest BCUT2D eigenvalue weighted by Gasteiger charge is -2.40. The Labute approximate surface area is 141 Å². The zero-order valence-corrected chi connectivity index (χ0v) is 13.8. The van der Waals surface area contributed by atoms with E-state index in [0.717, 1.165) is 0 Å². The Balaban J connectivity index is 2.38. The molecular weight excluding hydrogens is 342 g/mol. The fourth-order valence-corrected chi connectivity index (χ4v) is 2.89. The molecule has 5 atom stereocenters. The van der Waals surface area contributed by atoms with Gasteiger partial charge in [0.2, 0.25) is 0 Å². The molecule has 0 amide bonds. The largest absolute Gasteiger partial charge is 0.394 e. The maximum absolute atomic E-state index is 12.2. The summed E-state index contributed by atoms with van der Waals surface area (Å²) in [7, 11) is 1.46. The normalized spacial score (nSPS) is 30.2. The highest BCUT2D eigenvalue weighted by atomic mass is 32.2. The third-order valence-electron chi connectivity index (χ3n) is 3.76. The van der Waals surface area contributed by atoms with Crippen molar-refractivity contribution in [2.24, 2.45) is 7.05 Å². The predicted molar refractivity (Wildman–Crippen MR) is 84.0 cm³/mol. The van der Waals surface area contributed by atoms with Crippen LogP contribution < -0.4 is 10.9 Å². The molecule has 134 valence electrons. The Bertz CT molecular complexity index is 666. The van der Waals surface area contributed by atoms with Crippen LogP contribution in [0.4, 0.5) is 5.82 Å². The van der Waals surface area contributed by atoms with Crippen molar-refractivity contribution in [3.63, 3.8) is 0 Å². The van der Waals surface area contributed by atoms with E-state index in [4.69, 9.17) is 4.74 Å². The van der Waals surface area contributed by atoms with Crippen LogP contribution in [-0.4, -0.2) is 79.8 Å². The van der Waals surface area contributed by atoms with Gasteiger partial charge in [0.25, 0.3) is 5.56 Å². The summed E-state index contributed by atoms with van der Waals surface area (Å²) >= 11 is 1.17. The lowest BCUT2D eigenvalue weighted by molar-refractivity contribution is -0.221. The minimum Gasteiger partial charge on any atom is -0.394 e. The first-order chi connectivity index (χ1) is 11.3. The van der Waals surface area contributed by atoms with E-state index in [2.05, 4.69) is 10.3 Å². The summed E-state index contributed by atoms with van der Waals surface area (Å²) in [5.74, 6) is -0.123. The molecule has 0 bridgehead atoms. The molecule has 0 saturated carbocycles. The number of aliphatic hydroxyl groups is 4. The summed E-state index contributed by atoms with van der Waals surface area (Å²) in [5, 5.41) is 41.6. The standard InChI is InChI=1S/C13H19N3O7S/c1-16-12(22)5(3-17)10(15-13(16)24-2)14-11-9(21)8(20)7(19)6(4-18)23-11/h3,6-9,11,14,18-21H,4H2,1-2H3/t6-,7+,8+,9-,11+/m0/s1. The molecule has 1 aliphatic rings. The minimum absolute atomic E-state index is 0.123. The van der Waals surface area contributed by atoms with Crippen LogP contribution in [0.5, 0.6) is 0 Å². The highest BCUT2D eigenvalue weighted by molar-refractivity contribution is 7.98. The van der Waals surface area contributed by atoms with Crippen molar-refractivity contribution >= 4 is 23.9 Å². The zero-order chi connectivity index (χ0) is 18.0. The van der Waals surface area contributed by atoms with Gasteiger partial charge in [0.05, 0.1) is 6.61 Å². The van der Waals surface area contributed by atoms with Crippen molar-refractivity contribution in [2.75, 3.05) is 18.2 Å². The first kappa shape index (κ1) is 18.8. The minimum atomic E-state index is -1.58. The second kappa shape index (κ2) is 7.59.